The Morgan fingerprint density at radius 3 is 2.53 bits per heavy atom. The highest BCUT2D eigenvalue weighted by atomic mass is 79.9. The number of methoxy groups -OCH3 is 1. The Bertz CT molecular complexity index is 477. The summed E-state index contributed by atoms with van der Waals surface area (Å²) in [7, 11) is 1.68. The van der Waals surface area contributed by atoms with Gasteiger partial charge in [0.25, 0.3) is 0 Å². The number of hydrogen-bond donors (Lipinski definition) is 0. The van der Waals surface area contributed by atoms with Gasteiger partial charge in [0.05, 0.1) is 7.11 Å². The minimum absolute atomic E-state index is 0.893. The van der Waals surface area contributed by atoms with Gasteiger partial charge < -0.3 is 4.74 Å². The highest BCUT2D eigenvalue weighted by Gasteiger charge is 1.98. The van der Waals surface area contributed by atoms with Crippen LogP contribution in [-0.4, -0.2) is 7.11 Å². The zero-order valence-electron chi connectivity index (χ0n) is 9.69. The number of hydrogen-bond acceptors (Lipinski definition) is 1. The molecule has 0 aliphatic rings. The van der Waals surface area contributed by atoms with Crippen molar-refractivity contribution in [3.8, 4) is 5.75 Å². The molecular weight excluding hydrogens is 276 g/mol. The van der Waals surface area contributed by atoms with E-state index in [0.717, 1.165) is 16.6 Å². The average molecular weight is 290 g/mol. The summed E-state index contributed by atoms with van der Waals surface area (Å²) < 4.78 is 6.25. The molecule has 87 valence electrons. The standard InChI is InChI=1S/C15H14BrO/c1-17-15-9-7-12(8-10-15)5-6-13-3-2-4-14(16)11-13/h2-5,7-11H,6H2,1H3. The molecule has 0 bridgehead atoms. The second kappa shape index (κ2) is 5.87. The lowest BCUT2D eigenvalue weighted by Gasteiger charge is -2.04. The number of rotatable bonds is 4. The average Bonchev–Trinajstić information content (AvgIpc) is 2.37. The molecular formula is C15H14BrO. The van der Waals surface area contributed by atoms with Gasteiger partial charge >= 0.3 is 0 Å². The maximum atomic E-state index is 5.13. The summed E-state index contributed by atoms with van der Waals surface area (Å²) in [6.45, 7) is 0. The molecule has 0 heterocycles. The Labute approximate surface area is 111 Å². The first kappa shape index (κ1) is 12.2. The third kappa shape index (κ3) is 3.60. The van der Waals surface area contributed by atoms with Crippen LogP contribution in [0.15, 0.2) is 53.0 Å². The van der Waals surface area contributed by atoms with Gasteiger partial charge in [0.2, 0.25) is 0 Å². The third-order valence-corrected chi connectivity index (χ3v) is 3.07. The van der Waals surface area contributed by atoms with Crippen molar-refractivity contribution in [2.45, 2.75) is 6.42 Å². The topological polar surface area (TPSA) is 9.23 Å². The van der Waals surface area contributed by atoms with Crippen LogP contribution in [0.3, 0.4) is 0 Å². The van der Waals surface area contributed by atoms with Crippen LogP contribution < -0.4 is 4.74 Å². The van der Waals surface area contributed by atoms with Gasteiger partial charge in [0.15, 0.2) is 0 Å². The predicted molar refractivity (Wildman–Crippen MR) is 74.2 cm³/mol. The van der Waals surface area contributed by atoms with Crippen LogP contribution in [0, 0.1) is 6.42 Å². The molecule has 2 aromatic carbocycles. The zero-order chi connectivity index (χ0) is 12.1. The molecule has 0 fully saturated rings. The SMILES string of the molecule is COc1ccc([CH]Cc2cccc(Br)c2)cc1. The molecule has 1 radical (unpaired) electrons. The maximum absolute atomic E-state index is 5.13. The molecule has 0 unspecified atom stereocenters. The minimum atomic E-state index is 0.893. The molecule has 0 atom stereocenters. The van der Waals surface area contributed by atoms with E-state index >= 15 is 0 Å². The van der Waals surface area contributed by atoms with Gasteiger partial charge in [-0.3, -0.25) is 0 Å². The minimum Gasteiger partial charge on any atom is -0.497 e. The summed E-state index contributed by atoms with van der Waals surface area (Å²) in [5, 5.41) is 0. The van der Waals surface area contributed by atoms with Crippen LogP contribution in [0.4, 0.5) is 0 Å². The molecule has 0 spiro atoms. The van der Waals surface area contributed by atoms with Crippen LogP contribution >= 0.6 is 15.9 Å². The van der Waals surface area contributed by atoms with E-state index in [1.807, 2.05) is 18.2 Å². The van der Waals surface area contributed by atoms with Gasteiger partial charge in [-0.05, 0) is 48.2 Å². The first-order valence-electron chi connectivity index (χ1n) is 5.49. The molecule has 0 aliphatic heterocycles. The number of ether oxygens (including phenoxy) is 1. The van der Waals surface area contributed by atoms with Crippen LogP contribution in [0.2, 0.25) is 0 Å². The van der Waals surface area contributed by atoms with Crippen LogP contribution in [0.5, 0.6) is 5.75 Å². The number of halogens is 1. The van der Waals surface area contributed by atoms with Crippen molar-refractivity contribution in [2.75, 3.05) is 7.11 Å². The van der Waals surface area contributed by atoms with Gasteiger partial charge in [0, 0.05) is 4.47 Å². The molecule has 17 heavy (non-hydrogen) atoms. The van der Waals surface area contributed by atoms with Gasteiger partial charge in [-0.1, -0.05) is 40.2 Å². The molecule has 0 amide bonds. The Kier molecular flexibility index (Phi) is 4.21. The van der Waals surface area contributed by atoms with Crippen LogP contribution in [-0.2, 0) is 6.42 Å². The molecule has 2 heteroatoms. The molecule has 0 aliphatic carbocycles. The molecule has 0 aromatic heterocycles. The van der Waals surface area contributed by atoms with Crippen molar-refractivity contribution < 1.29 is 4.74 Å². The molecule has 2 rings (SSSR count). The maximum Gasteiger partial charge on any atom is 0.118 e. The quantitative estimate of drug-likeness (QED) is 0.817. The normalized spacial score (nSPS) is 10.2. The lowest BCUT2D eigenvalue weighted by molar-refractivity contribution is 0.414. The van der Waals surface area contributed by atoms with E-state index in [1.165, 1.54) is 11.1 Å². The molecule has 1 nitrogen and oxygen atoms in total. The van der Waals surface area contributed by atoms with Crippen LogP contribution in [0.25, 0.3) is 0 Å². The summed E-state index contributed by atoms with van der Waals surface area (Å²) in [5.41, 5.74) is 2.51. The summed E-state index contributed by atoms with van der Waals surface area (Å²) in [5.74, 6) is 0.893. The van der Waals surface area contributed by atoms with Crippen LogP contribution in [0.1, 0.15) is 11.1 Å². The second-order valence-corrected chi connectivity index (χ2v) is 4.73. The molecule has 0 N–H and O–H groups in total. The fourth-order valence-corrected chi connectivity index (χ4v) is 2.09. The van der Waals surface area contributed by atoms with E-state index in [4.69, 9.17) is 4.74 Å². The van der Waals surface area contributed by atoms with Gasteiger partial charge in [-0.2, -0.15) is 0 Å². The summed E-state index contributed by atoms with van der Waals surface area (Å²) in [6.07, 6.45) is 3.15. The van der Waals surface area contributed by atoms with Crippen molar-refractivity contribution in [3.05, 3.63) is 70.6 Å². The van der Waals surface area contributed by atoms with E-state index in [-0.39, 0.29) is 0 Å². The van der Waals surface area contributed by atoms with Crippen molar-refractivity contribution in [1.29, 1.82) is 0 Å². The highest BCUT2D eigenvalue weighted by molar-refractivity contribution is 9.10. The third-order valence-electron chi connectivity index (χ3n) is 2.58. The van der Waals surface area contributed by atoms with Gasteiger partial charge in [-0.25, -0.2) is 0 Å². The molecule has 2 aromatic rings. The zero-order valence-corrected chi connectivity index (χ0v) is 11.3. The van der Waals surface area contributed by atoms with Gasteiger partial charge in [-0.15, -0.1) is 0 Å². The summed E-state index contributed by atoms with van der Waals surface area (Å²) in [4.78, 5) is 0. The molecule has 0 saturated carbocycles. The van der Waals surface area contributed by atoms with Gasteiger partial charge in [0.1, 0.15) is 5.75 Å². The van der Waals surface area contributed by atoms with Crippen molar-refractivity contribution in [3.63, 3.8) is 0 Å². The smallest absolute Gasteiger partial charge is 0.118 e. The highest BCUT2D eigenvalue weighted by Crippen LogP contribution is 2.17. The van der Waals surface area contributed by atoms with E-state index in [0.29, 0.717) is 0 Å². The Hall–Kier alpha value is -1.28. The number of benzene rings is 2. The van der Waals surface area contributed by atoms with E-state index in [2.05, 4.69) is 52.7 Å². The predicted octanol–water partition coefficient (Wildman–Crippen LogP) is 4.25. The fraction of sp³-hybridized carbons (Fsp3) is 0.133. The first-order valence-corrected chi connectivity index (χ1v) is 6.29. The summed E-state index contributed by atoms with van der Waals surface area (Å²) >= 11 is 3.48. The van der Waals surface area contributed by atoms with Crippen molar-refractivity contribution in [1.82, 2.24) is 0 Å². The van der Waals surface area contributed by atoms with Crippen molar-refractivity contribution >= 4 is 15.9 Å². The lowest BCUT2D eigenvalue weighted by Crippen LogP contribution is -1.89. The summed E-state index contributed by atoms with van der Waals surface area (Å²) in [6, 6.07) is 16.5. The Morgan fingerprint density at radius 1 is 1.12 bits per heavy atom. The Balaban J connectivity index is 1.97. The monoisotopic (exact) mass is 289 g/mol. The fourth-order valence-electron chi connectivity index (χ4n) is 1.64. The second-order valence-electron chi connectivity index (χ2n) is 3.81. The van der Waals surface area contributed by atoms with E-state index in [9.17, 15) is 0 Å². The Morgan fingerprint density at radius 2 is 1.88 bits per heavy atom. The van der Waals surface area contributed by atoms with E-state index < -0.39 is 0 Å². The van der Waals surface area contributed by atoms with Crippen molar-refractivity contribution in [2.24, 2.45) is 0 Å². The largest absolute Gasteiger partial charge is 0.497 e. The molecule has 0 saturated heterocycles. The first-order chi connectivity index (χ1) is 8.28. The van der Waals surface area contributed by atoms with E-state index in [1.54, 1.807) is 7.11 Å². The lowest BCUT2D eigenvalue weighted by atomic mass is 10.0.